The average Bonchev–Trinajstić information content (AvgIpc) is 2.27. The fraction of sp³-hybridized carbons (Fsp3) is 0.417. The molecule has 0 aliphatic carbocycles. The third-order valence-electron chi connectivity index (χ3n) is 2.81. The van der Waals surface area contributed by atoms with Gasteiger partial charge >= 0.3 is 5.97 Å². The summed E-state index contributed by atoms with van der Waals surface area (Å²) in [5.74, 6) is -1.07. The monoisotopic (exact) mass is 277 g/mol. The molecule has 102 valence electrons. The van der Waals surface area contributed by atoms with Gasteiger partial charge in [-0.3, -0.25) is 4.79 Å². The molecule has 1 atom stereocenters. The number of carboxylic acid groups (broad SMARTS) is 1. The number of methoxy groups -OCH3 is 1. The van der Waals surface area contributed by atoms with Crippen molar-refractivity contribution in [3.63, 3.8) is 0 Å². The lowest BCUT2D eigenvalue weighted by atomic mass is 9.79. The lowest BCUT2D eigenvalue weighted by Gasteiger charge is -2.28. The highest BCUT2D eigenvalue weighted by Crippen LogP contribution is 2.34. The van der Waals surface area contributed by atoms with E-state index in [4.69, 9.17) is 15.6 Å². The zero-order chi connectivity index (χ0) is 13.1. The van der Waals surface area contributed by atoms with Crippen molar-refractivity contribution in [3.8, 4) is 5.75 Å². The van der Waals surface area contributed by atoms with Gasteiger partial charge < -0.3 is 15.6 Å². The van der Waals surface area contributed by atoms with Crippen molar-refractivity contribution in [2.24, 2.45) is 5.73 Å². The number of benzene rings is 1. The molecule has 0 radical (unpaired) electrons. The normalized spacial score (nSPS) is 13.3. The fourth-order valence-electron chi connectivity index (χ4n) is 1.77. The molecule has 0 bridgehead atoms. The number of ether oxygens (including phenoxy) is 1. The first-order valence-electron chi connectivity index (χ1n) is 5.19. The van der Waals surface area contributed by atoms with Crippen LogP contribution in [0.3, 0.4) is 0 Å². The molecule has 0 saturated heterocycles. The summed E-state index contributed by atoms with van der Waals surface area (Å²) >= 11 is 0. The molecule has 0 heterocycles. The molecule has 3 N–H and O–H groups in total. The van der Waals surface area contributed by atoms with Crippen LogP contribution in [0.1, 0.15) is 18.9 Å². The van der Waals surface area contributed by atoms with Gasteiger partial charge in [0.25, 0.3) is 0 Å². The van der Waals surface area contributed by atoms with Gasteiger partial charge in [0.05, 0.1) is 13.5 Å². The van der Waals surface area contributed by atoms with E-state index in [9.17, 15) is 9.18 Å². The van der Waals surface area contributed by atoms with Crippen molar-refractivity contribution >= 4 is 18.4 Å². The minimum atomic E-state index is -0.954. The molecule has 6 heteroatoms. The van der Waals surface area contributed by atoms with E-state index in [2.05, 4.69) is 0 Å². The fourth-order valence-corrected chi connectivity index (χ4v) is 1.77. The first-order chi connectivity index (χ1) is 7.92. The van der Waals surface area contributed by atoms with Gasteiger partial charge in [0, 0.05) is 23.6 Å². The molecule has 0 amide bonds. The Labute approximate surface area is 111 Å². The number of carboxylic acids is 1. The van der Waals surface area contributed by atoms with Crippen LogP contribution in [-0.4, -0.2) is 24.7 Å². The molecule has 1 aromatic rings. The van der Waals surface area contributed by atoms with Gasteiger partial charge in [-0.05, 0) is 6.07 Å². The summed E-state index contributed by atoms with van der Waals surface area (Å²) in [7, 11) is 1.41. The van der Waals surface area contributed by atoms with Gasteiger partial charge in [0.2, 0.25) is 0 Å². The maximum absolute atomic E-state index is 13.1. The largest absolute Gasteiger partial charge is 0.496 e. The van der Waals surface area contributed by atoms with Gasteiger partial charge in [-0.1, -0.05) is 13.0 Å². The van der Waals surface area contributed by atoms with E-state index in [1.165, 1.54) is 25.3 Å². The second kappa shape index (κ2) is 6.56. The van der Waals surface area contributed by atoms with E-state index >= 15 is 0 Å². The molecule has 1 aromatic carbocycles. The number of halogens is 2. The van der Waals surface area contributed by atoms with Crippen LogP contribution in [0.25, 0.3) is 0 Å². The minimum absolute atomic E-state index is 0. The Balaban J connectivity index is 0.00000289. The Kier molecular flexibility index (Phi) is 6.08. The van der Waals surface area contributed by atoms with Crippen molar-refractivity contribution < 1.29 is 19.0 Å². The zero-order valence-electron chi connectivity index (χ0n) is 10.3. The van der Waals surface area contributed by atoms with E-state index in [-0.39, 0.29) is 25.4 Å². The first kappa shape index (κ1) is 16.7. The maximum Gasteiger partial charge on any atom is 0.304 e. The second-order valence-corrected chi connectivity index (χ2v) is 4.18. The number of hydrogen-bond donors (Lipinski definition) is 2. The van der Waals surface area contributed by atoms with Crippen LogP contribution in [-0.2, 0) is 10.2 Å². The zero-order valence-corrected chi connectivity index (χ0v) is 11.1. The molecule has 0 aromatic heterocycles. The van der Waals surface area contributed by atoms with Crippen molar-refractivity contribution in [3.05, 3.63) is 29.6 Å². The minimum Gasteiger partial charge on any atom is -0.496 e. The lowest BCUT2D eigenvalue weighted by molar-refractivity contribution is -0.138. The Hall–Kier alpha value is -1.33. The standard InChI is InChI=1S/C12H16FNO3.ClH/c1-12(7-14,6-11(15)16)9-4-3-8(13)5-10(9)17-2;/h3-5H,6-7,14H2,1-2H3,(H,15,16);1H. The van der Waals surface area contributed by atoms with Gasteiger partial charge in [0.1, 0.15) is 11.6 Å². The second-order valence-electron chi connectivity index (χ2n) is 4.18. The molecule has 18 heavy (non-hydrogen) atoms. The average molecular weight is 278 g/mol. The highest BCUT2D eigenvalue weighted by molar-refractivity contribution is 5.85. The first-order valence-corrected chi connectivity index (χ1v) is 5.19. The maximum atomic E-state index is 13.1. The van der Waals surface area contributed by atoms with Gasteiger partial charge in [-0.2, -0.15) is 0 Å². The quantitative estimate of drug-likeness (QED) is 0.863. The number of hydrogen-bond acceptors (Lipinski definition) is 3. The van der Waals surface area contributed by atoms with Gasteiger partial charge in [-0.25, -0.2) is 4.39 Å². The molecular formula is C12H17ClFNO3. The molecular weight excluding hydrogens is 261 g/mol. The van der Waals surface area contributed by atoms with E-state index in [0.717, 1.165) is 0 Å². The predicted octanol–water partition coefficient (Wildman–Crippen LogP) is 1.95. The summed E-state index contributed by atoms with van der Waals surface area (Å²) in [6.07, 6.45) is -0.133. The van der Waals surface area contributed by atoms with Gasteiger partial charge in [-0.15, -0.1) is 12.4 Å². The molecule has 0 spiro atoms. The highest BCUT2D eigenvalue weighted by Gasteiger charge is 2.31. The number of carbonyl (C=O) groups is 1. The molecule has 1 unspecified atom stereocenters. The van der Waals surface area contributed by atoms with Crippen molar-refractivity contribution in [2.75, 3.05) is 13.7 Å². The summed E-state index contributed by atoms with van der Waals surface area (Å²) < 4.78 is 18.1. The summed E-state index contributed by atoms with van der Waals surface area (Å²) in [4.78, 5) is 10.8. The molecule has 0 fully saturated rings. The van der Waals surface area contributed by atoms with Crippen molar-refractivity contribution in [2.45, 2.75) is 18.8 Å². The molecule has 1 rings (SSSR count). The third-order valence-corrected chi connectivity index (χ3v) is 2.81. The van der Waals surface area contributed by atoms with Crippen LogP contribution in [0.2, 0.25) is 0 Å². The molecule has 4 nitrogen and oxygen atoms in total. The lowest BCUT2D eigenvalue weighted by Crippen LogP contribution is -2.34. The Morgan fingerprint density at radius 2 is 2.17 bits per heavy atom. The van der Waals surface area contributed by atoms with Crippen molar-refractivity contribution in [1.29, 1.82) is 0 Å². The van der Waals surface area contributed by atoms with E-state index in [0.29, 0.717) is 11.3 Å². The Morgan fingerprint density at radius 3 is 2.61 bits per heavy atom. The van der Waals surface area contributed by atoms with E-state index in [1.54, 1.807) is 6.92 Å². The van der Waals surface area contributed by atoms with Crippen LogP contribution in [0.15, 0.2) is 18.2 Å². The SMILES string of the molecule is COc1cc(F)ccc1C(C)(CN)CC(=O)O.Cl. The third kappa shape index (κ3) is 3.58. The molecule has 0 aliphatic rings. The number of nitrogens with two attached hydrogens (primary N) is 1. The predicted molar refractivity (Wildman–Crippen MR) is 68.9 cm³/mol. The van der Waals surface area contributed by atoms with Crippen LogP contribution >= 0.6 is 12.4 Å². The van der Waals surface area contributed by atoms with Crippen LogP contribution in [0, 0.1) is 5.82 Å². The summed E-state index contributed by atoms with van der Waals surface area (Å²) in [5.41, 5.74) is 5.47. The molecule has 0 aliphatic heterocycles. The smallest absolute Gasteiger partial charge is 0.304 e. The highest BCUT2D eigenvalue weighted by atomic mass is 35.5. The number of aliphatic carboxylic acids is 1. The Morgan fingerprint density at radius 1 is 1.56 bits per heavy atom. The summed E-state index contributed by atoms with van der Waals surface area (Å²) in [6.45, 7) is 1.86. The van der Waals surface area contributed by atoms with Crippen LogP contribution in [0.4, 0.5) is 4.39 Å². The van der Waals surface area contributed by atoms with E-state index in [1.807, 2.05) is 0 Å². The van der Waals surface area contributed by atoms with Crippen LogP contribution < -0.4 is 10.5 Å². The topological polar surface area (TPSA) is 72.5 Å². The Bertz CT molecular complexity index is 428. The van der Waals surface area contributed by atoms with E-state index < -0.39 is 17.2 Å². The summed E-state index contributed by atoms with van der Waals surface area (Å²) in [6, 6.07) is 4.02. The molecule has 0 saturated carbocycles. The number of rotatable bonds is 5. The van der Waals surface area contributed by atoms with Crippen LogP contribution in [0.5, 0.6) is 5.75 Å². The summed E-state index contributed by atoms with van der Waals surface area (Å²) in [5, 5.41) is 8.89. The van der Waals surface area contributed by atoms with Crippen molar-refractivity contribution in [1.82, 2.24) is 0 Å². The van der Waals surface area contributed by atoms with Gasteiger partial charge in [0.15, 0.2) is 0 Å².